The molecule has 1 unspecified atom stereocenters. The molecule has 0 fully saturated rings. The maximum absolute atomic E-state index is 11.0. The van der Waals surface area contributed by atoms with Gasteiger partial charge in [-0.1, -0.05) is 22.9 Å². The lowest BCUT2D eigenvalue weighted by atomic mass is 10.1. The van der Waals surface area contributed by atoms with E-state index in [1.54, 1.807) is 0 Å². The number of rotatable bonds is 4. The fraction of sp³-hybridized carbons (Fsp3) is 0.364. The van der Waals surface area contributed by atoms with Crippen LogP contribution in [0.4, 0.5) is 5.69 Å². The molecule has 0 aliphatic rings. The second-order valence-electron chi connectivity index (χ2n) is 3.47. The van der Waals surface area contributed by atoms with Gasteiger partial charge in [0.25, 0.3) is 0 Å². The number of carbonyl (C=O) groups is 1. The lowest BCUT2D eigenvalue weighted by Crippen LogP contribution is -2.34. The minimum Gasteiger partial charge on any atom is -0.374 e. The van der Waals surface area contributed by atoms with E-state index in [2.05, 4.69) is 21.2 Å². The second-order valence-corrected chi connectivity index (χ2v) is 4.33. The Kier molecular flexibility index (Phi) is 4.15. The molecule has 0 aromatic heterocycles. The Balaban J connectivity index is 2.80. The lowest BCUT2D eigenvalue weighted by Gasteiger charge is -2.15. The first kappa shape index (κ1) is 12.0. The molecule has 15 heavy (non-hydrogen) atoms. The van der Waals surface area contributed by atoms with E-state index in [0.29, 0.717) is 6.42 Å². The van der Waals surface area contributed by atoms with E-state index in [-0.39, 0.29) is 11.9 Å². The van der Waals surface area contributed by atoms with E-state index in [1.165, 1.54) is 0 Å². The van der Waals surface area contributed by atoms with Crippen LogP contribution in [0.1, 0.15) is 18.9 Å². The molecule has 0 spiro atoms. The van der Waals surface area contributed by atoms with E-state index in [1.807, 2.05) is 32.0 Å². The number of carbonyl (C=O) groups excluding carboxylic acids is 1. The monoisotopic (exact) mass is 270 g/mol. The molecule has 0 saturated heterocycles. The van der Waals surface area contributed by atoms with Crippen molar-refractivity contribution in [3.63, 3.8) is 0 Å². The average molecular weight is 271 g/mol. The summed E-state index contributed by atoms with van der Waals surface area (Å²) in [5.74, 6) is -0.321. The van der Waals surface area contributed by atoms with Gasteiger partial charge in [-0.25, -0.2) is 0 Å². The van der Waals surface area contributed by atoms with Gasteiger partial charge >= 0.3 is 0 Å². The molecular formula is C11H15BrN2O. The molecule has 1 aromatic rings. The van der Waals surface area contributed by atoms with Crippen molar-refractivity contribution in [2.75, 3.05) is 5.32 Å². The molecule has 0 bridgehead atoms. The Morgan fingerprint density at radius 1 is 1.60 bits per heavy atom. The van der Waals surface area contributed by atoms with Crippen LogP contribution in [-0.4, -0.2) is 11.9 Å². The average Bonchev–Trinajstić information content (AvgIpc) is 2.19. The lowest BCUT2D eigenvalue weighted by molar-refractivity contribution is -0.118. The topological polar surface area (TPSA) is 55.1 Å². The van der Waals surface area contributed by atoms with Crippen LogP contribution in [0.2, 0.25) is 0 Å². The molecule has 82 valence electrons. The van der Waals surface area contributed by atoms with Crippen molar-refractivity contribution in [2.45, 2.75) is 26.3 Å². The number of anilines is 1. The van der Waals surface area contributed by atoms with Crippen molar-refractivity contribution in [3.05, 3.63) is 28.2 Å². The van der Waals surface area contributed by atoms with Gasteiger partial charge in [0, 0.05) is 10.2 Å². The van der Waals surface area contributed by atoms with Gasteiger partial charge in [-0.2, -0.15) is 0 Å². The number of benzene rings is 1. The minimum absolute atomic E-state index is 0.300. The molecule has 1 rings (SSSR count). The molecule has 0 aliphatic heterocycles. The van der Waals surface area contributed by atoms with Gasteiger partial charge in [0.1, 0.15) is 6.04 Å². The molecule has 3 N–H and O–H groups in total. The summed E-state index contributed by atoms with van der Waals surface area (Å²) in [5.41, 5.74) is 7.29. The summed E-state index contributed by atoms with van der Waals surface area (Å²) in [4.78, 5) is 11.0. The molecule has 0 saturated carbocycles. The van der Waals surface area contributed by atoms with Crippen LogP contribution in [0, 0.1) is 6.92 Å². The van der Waals surface area contributed by atoms with E-state index in [4.69, 9.17) is 5.73 Å². The molecule has 1 atom stereocenters. The fourth-order valence-corrected chi connectivity index (χ4v) is 1.56. The first-order valence-corrected chi connectivity index (χ1v) is 5.66. The maximum atomic E-state index is 11.0. The largest absolute Gasteiger partial charge is 0.374 e. The van der Waals surface area contributed by atoms with Crippen LogP contribution in [0.15, 0.2) is 22.7 Å². The first-order valence-electron chi connectivity index (χ1n) is 4.86. The smallest absolute Gasteiger partial charge is 0.239 e. The van der Waals surface area contributed by atoms with Crippen LogP contribution < -0.4 is 11.1 Å². The summed E-state index contributed by atoms with van der Waals surface area (Å²) in [7, 11) is 0. The van der Waals surface area contributed by atoms with Crippen LogP contribution in [0.25, 0.3) is 0 Å². The minimum atomic E-state index is -0.321. The zero-order valence-corrected chi connectivity index (χ0v) is 10.5. The van der Waals surface area contributed by atoms with Gasteiger partial charge in [0.15, 0.2) is 0 Å². The van der Waals surface area contributed by atoms with Crippen molar-refractivity contribution in [1.82, 2.24) is 0 Å². The third-order valence-electron chi connectivity index (χ3n) is 2.25. The van der Waals surface area contributed by atoms with Crippen LogP contribution in [-0.2, 0) is 4.79 Å². The normalized spacial score (nSPS) is 12.2. The van der Waals surface area contributed by atoms with Gasteiger partial charge in [0.2, 0.25) is 5.91 Å². The Bertz CT molecular complexity index is 366. The predicted octanol–water partition coefficient (Wildman–Crippen LogP) is 2.43. The van der Waals surface area contributed by atoms with Gasteiger partial charge in [-0.15, -0.1) is 0 Å². The number of hydrogen-bond donors (Lipinski definition) is 2. The number of hydrogen-bond acceptors (Lipinski definition) is 2. The van der Waals surface area contributed by atoms with Crippen molar-refractivity contribution in [1.29, 1.82) is 0 Å². The zero-order valence-electron chi connectivity index (χ0n) is 8.88. The second kappa shape index (κ2) is 5.16. The fourth-order valence-electron chi connectivity index (χ4n) is 1.31. The Hall–Kier alpha value is -1.03. The number of nitrogens with two attached hydrogens (primary N) is 1. The van der Waals surface area contributed by atoms with Crippen molar-refractivity contribution >= 4 is 27.5 Å². The third kappa shape index (κ3) is 3.23. The quantitative estimate of drug-likeness (QED) is 0.883. The molecule has 1 amide bonds. The Morgan fingerprint density at radius 2 is 2.27 bits per heavy atom. The first-order chi connectivity index (χ1) is 7.04. The van der Waals surface area contributed by atoms with Crippen LogP contribution in [0.3, 0.4) is 0 Å². The number of nitrogens with one attached hydrogen (secondary N) is 1. The van der Waals surface area contributed by atoms with Gasteiger partial charge in [-0.3, -0.25) is 4.79 Å². The third-order valence-corrected chi connectivity index (χ3v) is 3.14. The van der Waals surface area contributed by atoms with E-state index >= 15 is 0 Å². The van der Waals surface area contributed by atoms with Crippen LogP contribution >= 0.6 is 15.9 Å². The predicted molar refractivity (Wildman–Crippen MR) is 65.8 cm³/mol. The van der Waals surface area contributed by atoms with Crippen molar-refractivity contribution in [2.24, 2.45) is 5.73 Å². The van der Waals surface area contributed by atoms with Gasteiger partial charge in [-0.05, 0) is 37.1 Å². The van der Waals surface area contributed by atoms with E-state index in [9.17, 15) is 4.79 Å². The summed E-state index contributed by atoms with van der Waals surface area (Å²) in [6.45, 7) is 3.93. The van der Waals surface area contributed by atoms with Crippen molar-refractivity contribution < 1.29 is 4.79 Å². The summed E-state index contributed by atoms with van der Waals surface area (Å²) in [5, 5.41) is 3.10. The molecule has 4 heteroatoms. The molecular weight excluding hydrogens is 256 g/mol. The SMILES string of the molecule is CCC(Nc1ccc(Br)c(C)c1)C(N)=O. The Labute approximate surface area is 98.2 Å². The van der Waals surface area contributed by atoms with Crippen LogP contribution in [0.5, 0.6) is 0 Å². The van der Waals surface area contributed by atoms with Gasteiger partial charge in [0.05, 0.1) is 0 Å². The maximum Gasteiger partial charge on any atom is 0.239 e. The number of aryl methyl sites for hydroxylation is 1. The highest BCUT2D eigenvalue weighted by Gasteiger charge is 2.12. The highest BCUT2D eigenvalue weighted by Crippen LogP contribution is 2.20. The van der Waals surface area contributed by atoms with Gasteiger partial charge < -0.3 is 11.1 Å². The molecule has 0 aliphatic carbocycles. The zero-order chi connectivity index (χ0) is 11.4. The Morgan fingerprint density at radius 3 is 2.73 bits per heavy atom. The number of primary amides is 1. The van der Waals surface area contributed by atoms with E-state index in [0.717, 1.165) is 15.7 Å². The summed E-state index contributed by atoms with van der Waals surface area (Å²) < 4.78 is 1.06. The highest BCUT2D eigenvalue weighted by molar-refractivity contribution is 9.10. The molecule has 0 heterocycles. The number of amides is 1. The molecule has 0 radical (unpaired) electrons. The summed E-state index contributed by atoms with van der Waals surface area (Å²) in [6.07, 6.45) is 0.685. The van der Waals surface area contributed by atoms with Crippen molar-refractivity contribution in [3.8, 4) is 0 Å². The summed E-state index contributed by atoms with van der Waals surface area (Å²) in [6, 6.07) is 5.55. The molecule has 3 nitrogen and oxygen atoms in total. The highest BCUT2D eigenvalue weighted by atomic mass is 79.9. The number of halogens is 1. The standard InChI is InChI=1S/C11H15BrN2O/c1-3-10(11(13)15)14-8-4-5-9(12)7(2)6-8/h4-6,10,14H,3H2,1-2H3,(H2,13,15). The van der Waals surface area contributed by atoms with E-state index < -0.39 is 0 Å². The summed E-state index contributed by atoms with van der Waals surface area (Å²) >= 11 is 3.42. The molecule has 1 aromatic carbocycles.